The second kappa shape index (κ2) is 5.68. The van der Waals surface area contributed by atoms with E-state index in [9.17, 15) is 0 Å². The molecule has 0 amide bonds. The van der Waals surface area contributed by atoms with Gasteiger partial charge in [-0.15, -0.1) is 11.3 Å². The molecule has 2 aromatic carbocycles. The van der Waals surface area contributed by atoms with Crippen LogP contribution in [0.5, 0.6) is 0 Å². The monoisotopic (exact) mass is 458 g/mol. The van der Waals surface area contributed by atoms with Gasteiger partial charge in [-0.3, -0.25) is 0 Å². The molecule has 0 bridgehead atoms. The smallest absolute Gasteiger partial charge is 0.0658 e. The van der Waals surface area contributed by atoms with E-state index in [1.807, 2.05) is 0 Å². The number of hydrogen-bond donors (Lipinski definition) is 0. The quantitative estimate of drug-likeness (QED) is 0.364. The van der Waals surface area contributed by atoms with Crippen LogP contribution in [0.4, 0.5) is 0 Å². The van der Waals surface area contributed by atoms with Gasteiger partial charge in [0, 0.05) is 13.6 Å². The van der Waals surface area contributed by atoms with Gasteiger partial charge in [-0.2, -0.15) is 0 Å². The number of hydrogen-bond acceptors (Lipinski definition) is 1. The van der Waals surface area contributed by atoms with E-state index in [1.54, 1.807) is 11.3 Å². The van der Waals surface area contributed by atoms with Crippen molar-refractivity contribution in [2.75, 3.05) is 0 Å². The molecule has 1 atom stereocenters. The second-order valence-corrected chi connectivity index (χ2v) is 7.79. The summed E-state index contributed by atoms with van der Waals surface area (Å²) in [6, 6.07) is 14.8. The van der Waals surface area contributed by atoms with Crippen LogP contribution in [0, 0.1) is 0 Å². The molecule has 0 radical (unpaired) electrons. The SMILES string of the molecule is Brc1ccc(C(Br)c2csc3c(Br)cccc23)cc1. The molecule has 0 aliphatic carbocycles. The minimum absolute atomic E-state index is 0.226. The first-order valence-electron chi connectivity index (χ1n) is 5.72. The summed E-state index contributed by atoms with van der Waals surface area (Å²) in [5.41, 5.74) is 2.59. The number of halogens is 3. The molecular formula is C15H9Br3S. The van der Waals surface area contributed by atoms with E-state index >= 15 is 0 Å². The van der Waals surface area contributed by atoms with Gasteiger partial charge in [0.15, 0.2) is 0 Å². The van der Waals surface area contributed by atoms with Gasteiger partial charge < -0.3 is 0 Å². The van der Waals surface area contributed by atoms with Gasteiger partial charge in [-0.1, -0.05) is 56.1 Å². The standard InChI is InChI=1S/C15H9Br3S/c16-10-6-4-9(5-7-10)14(18)12-8-19-15-11(12)2-1-3-13(15)17/h1-8,14H. The molecule has 0 aliphatic heterocycles. The van der Waals surface area contributed by atoms with Crippen LogP contribution in [-0.2, 0) is 0 Å². The fourth-order valence-corrected chi connectivity index (χ4v) is 4.82. The number of thiophene rings is 1. The zero-order chi connectivity index (χ0) is 13.4. The Morgan fingerprint density at radius 2 is 1.68 bits per heavy atom. The molecule has 1 heterocycles. The summed E-state index contributed by atoms with van der Waals surface area (Å²) in [6.45, 7) is 0. The topological polar surface area (TPSA) is 0 Å². The van der Waals surface area contributed by atoms with Crippen molar-refractivity contribution >= 4 is 69.2 Å². The largest absolute Gasteiger partial charge is 0.142 e. The van der Waals surface area contributed by atoms with E-state index in [0.29, 0.717) is 0 Å². The average molecular weight is 461 g/mol. The highest BCUT2D eigenvalue weighted by atomic mass is 79.9. The van der Waals surface area contributed by atoms with Gasteiger partial charge in [0.25, 0.3) is 0 Å². The molecule has 0 aliphatic rings. The Labute approximate surface area is 141 Å². The van der Waals surface area contributed by atoms with Gasteiger partial charge >= 0.3 is 0 Å². The van der Waals surface area contributed by atoms with Crippen molar-refractivity contribution in [1.29, 1.82) is 0 Å². The van der Waals surface area contributed by atoms with Crippen molar-refractivity contribution in [3.05, 3.63) is 67.9 Å². The Hall–Kier alpha value is -0.160. The molecule has 1 unspecified atom stereocenters. The van der Waals surface area contributed by atoms with Crippen molar-refractivity contribution < 1.29 is 0 Å². The molecular weight excluding hydrogens is 452 g/mol. The van der Waals surface area contributed by atoms with Crippen LogP contribution < -0.4 is 0 Å². The summed E-state index contributed by atoms with van der Waals surface area (Å²) in [5.74, 6) is 0. The summed E-state index contributed by atoms with van der Waals surface area (Å²) in [4.78, 5) is 0.226. The molecule has 1 aromatic heterocycles. The summed E-state index contributed by atoms with van der Waals surface area (Å²) in [7, 11) is 0. The third kappa shape index (κ3) is 2.68. The van der Waals surface area contributed by atoms with E-state index < -0.39 is 0 Å². The van der Waals surface area contributed by atoms with Crippen LogP contribution in [0.2, 0.25) is 0 Å². The van der Waals surface area contributed by atoms with Gasteiger partial charge in [-0.25, -0.2) is 0 Å². The maximum absolute atomic E-state index is 3.82. The first-order chi connectivity index (χ1) is 9.16. The Morgan fingerprint density at radius 3 is 2.42 bits per heavy atom. The lowest BCUT2D eigenvalue weighted by molar-refractivity contribution is 1.21. The third-order valence-electron chi connectivity index (χ3n) is 3.02. The third-order valence-corrected chi connectivity index (χ3v) is 6.54. The predicted molar refractivity (Wildman–Crippen MR) is 94.4 cm³/mol. The minimum Gasteiger partial charge on any atom is -0.142 e. The molecule has 3 rings (SSSR count). The van der Waals surface area contributed by atoms with Crippen LogP contribution in [0.25, 0.3) is 10.1 Å². The summed E-state index contributed by atoms with van der Waals surface area (Å²) in [5, 5.41) is 3.54. The van der Waals surface area contributed by atoms with Crippen molar-refractivity contribution in [1.82, 2.24) is 0 Å². The molecule has 19 heavy (non-hydrogen) atoms. The van der Waals surface area contributed by atoms with E-state index in [1.165, 1.54) is 21.2 Å². The van der Waals surface area contributed by atoms with Crippen LogP contribution >= 0.6 is 59.1 Å². The zero-order valence-corrected chi connectivity index (χ0v) is 15.3. The molecule has 96 valence electrons. The summed E-state index contributed by atoms with van der Waals surface area (Å²) < 4.78 is 3.57. The van der Waals surface area contributed by atoms with Gasteiger partial charge in [0.2, 0.25) is 0 Å². The average Bonchev–Trinajstić information content (AvgIpc) is 2.84. The number of alkyl halides is 1. The van der Waals surface area contributed by atoms with Gasteiger partial charge in [0.05, 0.1) is 4.83 Å². The van der Waals surface area contributed by atoms with Crippen LogP contribution in [-0.4, -0.2) is 0 Å². The summed E-state index contributed by atoms with van der Waals surface area (Å²) >= 11 is 12.7. The highest BCUT2D eigenvalue weighted by Crippen LogP contribution is 2.41. The van der Waals surface area contributed by atoms with E-state index in [-0.39, 0.29) is 4.83 Å². The highest BCUT2D eigenvalue weighted by molar-refractivity contribution is 9.11. The zero-order valence-electron chi connectivity index (χ0n) is 9.74. The number of rotatable bonds is 2. The fourth-order valence-electron chi connectivity index (χ4n) is 2.05. The van der Waals surface area contributed by atoms with Crippen molar-refractivity contribution in [3.63, 3.8) is 0 Å². The minimum atomic E-state index is 0.226. The van der Waals surface area contributed by atoms with Crippen molar-refractivity contribution in [3.8, 4) is 0 Å². The molecule has 0 fully saturated rings. The van der Waals surface area contributed by atoms with Crippen molar-refractivity contribution in [2.45, 2.75) is 4.83 Å². The lowest BCUT2D eigenvalue weighted by Gasteiger charge is -2.10. The maximum Gasteiger partial charge on any atom is 0.0658 e. The lowest BCUT2D eigenvalue weighted by Crippen LogP contribution is -1.90. The molecule has 0 saturated carbocycles. The van der Waals surface area contributed by atoms with Crippen LogP contribution in [0.15, 0.2) is 56.8 Å². The first-order valence-corrected chi connectivity index (χ1v) is 9.10. The predicted octanol–water partition coefficient (Wildman–Crippen LogP) is 6.91. The van der Waals surface area contributed by atoms with Crippen molar-refractivity contribution in [2.24, 2.45) is 0 Å². The molecule has 0 spiro atoms. The van der Waals surface area contributed by atoms with E-state index in [4.69, 9.17) is 0 Å². The highest BCUT2D eigenvalue weighted by Gasteiger charge is 2.15. The van der Waals surface area contributed by atoms with E-state index in [0.717, 1.165) is 8.95 Å². The maximum atomic E-state index is 3.82. The first kappa shape index (κ1) is 13.8. The molecule has 4 heteroatoms. The molecule has 3 aromatic rings. The van der Waals surface area contributed by atoms with Gasteiger partial charge in [-0.05, 0) is 56.0 Å². The fraction of sp³-hybridized carbons (Fsp3) is 0.0667. The Morgan fingerprint density at radius 1 is 0.947 bits per heavy atom. The number of fused-ring (bicyclic) bond motifs is 1. The van der Waals surface area contributed by atoms with E-state index in [2.05, 4.69) is 95.6 Å². The molecule has 0 nitrogen and oxygen atoms in total. The summed E-state index contributed by atoms with van der Waals surface area (Å²) in [6.07, 6.45) is 0. The Bertz CT molecular complexity index is 716. The molecule has 0 N–H and O–H groups in total. The lowest BCUT2D eigenvalue weighted by atomic mass is 10.0. The molecule has 0 saturated heterocycles. The Kier molecular flexibility index (Phi) is 4.13. The second-order valence-electron chi connectivity index (χ2n) is 4.22. The van der Waals surface area contributed by atoms with Gasteiger partial charge in [0.1, 0.15) is 0 Å². The normalized spacial score (nSPS) is 12.8. The van der Waals surface area contributed by atoms with Crippen LogP contribution in [0.1, 0.15) is 16.0 Å². The van der Waals surface area contributed by atoms with Crippen LogP contribution in [0.3, 0.4) is 0 Å². The number of benzene rings is 2. The Balaban J connectivity index is 2.09.